The van der Waals surface area contributed by atoms with Gasteiger partial charge in [0.25, 0.3) is 0 Å². The van der Waals surface area contributed by atoms with E-state index >= 15 is 0 Å². The third-order valence-electron chi connectivity index (χ3n) is 4.14. The fourth-order valence-electron chi connectivity index (χ4n) is 3.22. The molecule has 1 fully saturated rings. The molecular weight excluding hydrogens is 274 g/mol. The number of rotatable bonds is 2. The van der Waals surface area contributed by atoms with E-state index in [1.165, 1.54) is 25.1 Å². The fourth-order valence-corrected chi connectivity index (χ4v) is 3.22. The van der Waals surface area contributed by atoms with Crippen LogP contribution in [0.2, 0.25) is 0 Å². The van der Waals surface area contributed by atoms with Gasteiger partial charge in [0.1, 0.15) is 17.2 Å². The smallest absolute Gasteiger partial charge is 0.303 e. The lowest BCUT2D eigenvalue weighted by atomic mass is 9.90. The minimum atomic E-state index is -0.741. The van der Waals surface area contributed by atoms with Gasteiger partial charge in [-0.2, -0.15) is 0 Å². The van der Waals surface area contributed by atoms with Gasteiger partial charge in [0.2, 0.25) is 0 Å². The second-order valence-corrected chi connectivity index (χ2v) is 5.62. The summed E-state index contributed by atoms with van der Waals surface area (Å²) in [6.07, 6.45) is 3.27. The van der Waals surface area contributed by atoms with Gasteiger partial charge in [-0.1, -0.05) is 6.07 Å². The van der Waals surface area contributed by atoms with Gasteiger partial charge in [0.15, 0.2) is 0 Å². The molecule has 2 nitrogen and oxygen atoms in total. The molecule has 0 N–H and O–H groups in total. The lowest BCUT2D eigenvalue weighted by Gasteiger charge is -2.29. The Bertz CT molecular complexity index is 703. The van der Waals surface area contributed by atoms with Crippen molar-refractivity contribution in [3.8, 4) is 0 Å². The van der Waals surface area contributed by atoms with E-state index in [9.17, 15) is 13.6 Å². The summed E-state index contributed by atoms with van der Waals surface area (Å²) >= 11 is 0. The third kappa shape index (κ3) is 2.50. The number of esters is 1. The summed E-state index contributed by atoms with van der Waals surface area (Å²) in [6.45, 7) is 1.37. The van der Waals surface area contributed by atoms with Crippen molar-refractivity contribution in [3.63, 3.8) is 0 Å². The van der Waals surface area contributed by atoms with Crippen LogP contribution in [0.15, 0.2) is 30.3 Å². The van der Waals surface area contributed by atoms with Crippen molar-refractivity contribution in [2.75, 3.05) is 0 Å². The summed E-state index contributed by atoms with van der Waals surface area (Å²) in [5, 5.41) is 0.861. The maximum atomic E-state index is 14.3. The predicted molar refractivity (Wildman–Crippen MR) is 75.8 cm³/mol. The molecule has 1 aliphatic carbocycles. The number of benzene rings is 2. The Morgan fingerprint density at radius 3 is 2.52 bits per heavy atom. The number of carbonyl (C=O) groups excluding carboxylic acids is 1. The highest BCUT2D eigenvalue weighted by Gasteiger charge is 2.39. The molecule has 0 amide bonds. The Labute approximate surface area is 121 Å². The molecule has 4 heteroatoms. The van der Waals surface area contributed by atoms with Crippen molar-refractivity contribution in [2.45, 2.75) is 38.2 Å². The summed E-state index contributed by atoms with van der Waals surface area (Å²) in [5.74, 6) is -1.32. The molecule has 1 aliphatic rings. The second-order valence-electron chi connectivity index (χ2n) is 5.62. The van der Waals surface area contributed by atoms with Crippen LogP contribution in [0.1, 0.15) is 38.2 Å². The van der Waals surface area contributed by atoms with Crippen LogP contribution in [-0.4, -0.2) is 5.97 Å². The Morgan fingerprint density at radius 1 is 1.14 bits per heavy atom. The van der Waals surface area contributed by atoms with E-state index in [4.69, 9.17) is 4.74 Å². The molecule has 0 saturated heterocycles. The zero-order valence-corrected chi connectivity index (χ0v) is 11.8. The molecule has 0 unspecified atom stereocenters. The van der Waals surface area contributed by atoms with E-state index in [0.717, 1.165) is 12.8 Å². The zero-order valence-electron chi connectivity index (χ0n) is 11.8. The van der Waals surface area contributed by atoms with Gasteiger partial charge in [0.05, 0.1) is 0 Å². The highest BCUT2D eigenvalue weighted by molar-refractivity contribution is 5.84. The Hall–Kier alpha value is -1.97. The molecule has 0 bridgehead atoms. The van der Waals surface area contributed by atoms with Crippen LogP contribution < -0.4 is 0 Å². The molecule has 0 atom stereocenters. The molecule has 0 heterocycles. The molecule has 110 valence electrons. The van der Waals surface area contributed by atoms with Crippen molar-refractivity contribution in [1.29, 1.82) is 0 Å². The summed E-state index contributed by atoms with van der Waals surface area (Å²) in [7, 11) is 0. The van der Waals surface area contributed by atoms with Gasteiger partial charge in [0, 0.05) is 12.3 Å². The van der Waals surface area contributed by atoms with Crippen molar-refractivity contribution in [3.05, 3.63) is 47.5 Å². The summed E-state index contributed by atoms with van der Waals surface area (Å²) < 4.78 is 33.0. The van der Waals surface area contributed by atoms with Gasteiger partial charge < -0.3 is 4.74 Å². The molecule has 0 radical (unpaired) electrons. The molecule has 1 saturated carbocycles. The highest BCUT2D eigenvalue weighted by atomic mass is 19.1. The van der Waals surface area contributed by atoms with E-state index in [0.29, 0.717) is 23.8 Å². The van der Waals surface area contributed by atoms with Crippen LogP contribution in [-0.2, 0) is 15.1 Å². The van der Waals surface area contributed by atoms with Crippen LogP contribution in [0.4, 0.5) is 8.78 Å². The minimum absolute atomic E-state index is 0.245. The maximum absolute atomic E-state index is 14.3. The van der Waals surface area contributed by atoms with Crippen molar-refractivity contribution >= 4 is 16.7 Å². The van der Waals surface area contributed by atoms with Crippen molar-refractivity contribution < 1.29 is 18.3 Å². The van der Waals surface area contributed by atoms with Crippen LogP contribution in [0.3, 0.4) is 0 Å². The largest absolute Gasteiger partial charge is 0.454 e. The lowest BCUT2D eigenvalue weighted by Crippen LogP contribution is -2.28. The standard InChI is InChI=1S/C17H16F2O2/c1-11(20)21-17(6-2-3-7-17)13-8-12-4-5-14(18)10-15(12)16(19)9-13/h4-5,8-10H,2-3,6-7H2,1H3. The molecule has 3 rings (SSSR count). The molecule has 2 aromatic carbocycles. The zero-order chi connectivity index (χ0) is 15.0. The topological polar surface area (TPSA) is 26.3 Å². The summed E-state index contributed by atoms with van der Waals surface area (Å²) in [4.78, 5) is 11.4. The van der Waals surface area contributed by atoms with E-state index < -0.39 is 17.2 Å². The van der Waals surface area contributed by atoms with Crippen LogP contribution in [0.25, 0.3) is 10.8 Å². The van der Waals surface area contributed by atoms with Crippen molar-refractivity contribution in [2.24, 2.45) is 0 Å². The number of hydrogen-bond donors (Lipinski definition) is 0. The number of hydrogen-bond acceptors (Lipinski definition) is 2. The Balaban J connectivity index is 2.14. The van der Waals surface area contributed by atoms with Gasteiger partial charge in [-0.25, -0.2) is 8.78 Å². The first-order valence-corrected chi connectivity index (χ1v) is 7.09. The first kappa shape index (κ1) is 14.0. The van der Waals surface area contributed by atoms with Gasteiger partial charge >= 0.3 is 5.97 Å². The average Bonchev–Trinajstić information content (AvgIpc) is 2.88. The lowest BCUT2D eigenvalue weighted by molar-refractivity contribution is -0.157. The van der Waals surface area contributed by atoms with Crippen molar-refractivity contribution in [1.82, 2.24) is 0 Å². The molecular formula is C17H16F2O2. The van der Waals surface area contributed by atoms with E-state index in [2.05, 4.69) is 0 Å². The molecule has 2 aromatic rings. The second kappa shape index (κ2) is 5.10. The quantitative estimate of drug-likeness (QED) is 0.764. The van der Waals surface area contributed by atoms with Gasteiger partial charge in [-0.15, -0.1) is 0 Å². The van der Waals surface area contributed by atoms with E-state index in [-0.39, 0.29) is 11.4 Å². The van der Waals surface area contributed by atoms with E-state index in [1.807, 2.05) is 0 Å². The Morgan fingerprint density at radius 2 is 1.86 bits per heavy atom. The summed E-state index contributed by atoms with van der Waals surface area (Å²) in [5.41, 5.74) is -0.0817. The number of fused-ring (bicyclic) bond motifs is 1. The predicted octanol–water partition coefficient (Wildman–Crippen LogP) is 4.45. The minimum Gasteiger partial charge on any atom is -0.454 e. The molecule has 21 heavy (non-hydrogen) atoms. The van der Waals surface area contributed by atoms with Crippen LogP contribution in [0.5, 0.6) is 0 Å². The molecule has 0 aliphatic heterocycles. The van der Waals surface area contributed by atoms with E-state index in [1.54, 1.807) is 12.1 Å². The number of carbonyl (C=O) groups is 1. The normalized spacial score (nSPS) is 17.1. The highest BCUT2D eigenvalue weighted by Crippen LogP contribution is 2.43. The molecule has 0 spiro atoms. The first-order valence-electron chi connectivity index (χ1n) is 7.09. The average molecular weight is 290 g/mol. The fraction of sp³-hybridized carbons (Fsp3) is 0.353. The van der Waals surface area contributed by atoms with Gasteiger partial charge in [-0.3, -0.25) is 4.79 Å². The van der Waals surface area contributed by atoms with Gasteiger partial charge in [-0.05, 0) is 60.9 Å². The monoisotopic (exact) mass is 290 g/mol. The Kier molecular flexibility index (Phi) is 3.40. The maximum Gasteiger partial charge on any atom is 0.303 e. The van der Waals surface area contributed by atoms with Crippen LogP contribution in [0, 0.1) is 11.6 Å². The third-order valence-corrected chi connectivity index (χ3v) is 4.14. The molecule has 0 aromatic heterocycles. The summed E-state index contributed by atoms with van der Waals surface area (Å²) in [6, 6.07) is 7.20. The SMILES string of the molecule is CC(=O)OC1(c2cc(F)c3cc(F)ccc3c2)CCCC1. The number of halogens is 2. The number of ether oxygens (including phenoxy) is 1. The van der Waals surface area contributed by atoms with Crippen LogP contribution >= 0.6 is 0 Å². The first-order chi connectivity index (χ1) is 10.00.